The summed E-state index contributed by atoms with van der Waals surface area (Å²) >= 11 is 0. The van der Waals surface area contributed by atoms with Crippen LogP contribution in [0.15, 0.2) is 18.2 Å². The lowest BCUT2D eigenvalue weighted by Crippen LogP contribution is -2.36. The van der Waals surface area contributed by atoms with Crippen molar-refractivity contribution in [3.05, 3.63) is 29.3 Å². The van der Waals surface area contributed by atoms with E-state index in [4.69, 9.17) is 5.73 Å². The Kier molecular flexibility index (Phi) is 3.41. The fourth-order valence-corrected chi connectivity index (χ4v) is 2.31. The van der Waals surface area contributed by atoms with E-state index in [-0.39, 0.29) is 12.5 Å². The van der Waals surface area contributed by atoms with Gasteiger partial charge >= 0.3 is 0 Å². The molecule has 1 atom stereocenters. The predicted octanol–water partition coefficient (Wildman–Crippen LogP) is 0.804. The summed E-state index contributed by atoms with van der Waals surface area (Å²) in [5.74, 6) is 0.152. The number of amides is 1. The first-order chi connectivity index (χ1) is 8.51. The quantitative estimate of drug-likeness (QED) is 0.831. The van der Waals surface area contributed by atoms with Crippen molar-refractivity contribution in [1.82, 2.24) is 0 Å². The molecule has 1 aromatic rings. The molecule has 0 saturated carbocycles. The summed E-state index contributed by atoms with van der Waals surface area (Å²) in [6.07, 6.45) is 1.31. The van der Waals surface area contributed by atoms with Gasteiger partial charge in [0, 0.05) is 31.1 Å². The zero-order valence-electron chi connectivity index (χ0n) is 10.9. The Morgan fingerprint density at radius 1 is 1.44 bits per heavy atom. The van der Waals surface area contributed by atoms with E-state index in [0.717, 1.165) is 23.2 Å². The molecule has 2 rings (SSSR count). The second-order valence-corrected chi connectivity index (χ2v) is 5.22. The van der Waals surface area contributed by atoms with Gasteiger partial charge in [-0.25, -0.2) is 0 Å². The van der Waals surface area contributed by atoms with Crippen molar-refractivity contribution in [2.75, 3.05) is 25.1 Å². The van der Waals surface area contributed by atoms with Gasteiger partial charge in [0.15, 0.2) is 0 Å². The normalized spacial score (nSPS) is 18.4. The molecule has 1 aromatic carbocycles. The van der Waals surface area contributed by atoms with E-state index in [2.05, 4.69) is 6.07 Å². The Morgan fingerprint density at radius 3 is 2.78 bits per heavy atom. The van der Waals surface area contributed by atoms with Gasteiger partial charge in [-0.15, -0.1) is 0 Å². The summed E-state index contributed by atoms with van der Waals surface area (Å²) in [6, 6.07) is 5.98. The van der Waals surface area contributed by atoms with Crippen LogP contribution in [0.1, 0.15) is 24.5 Å². The molecule has 0 bridgehead atoms. The number of aliphatic hydroxyl groups excluding tert-OH is 1. The average molecular weight is 248 g/mol. The Morgan fingerprint density at radius 2 is 2.17 bits per heavy atom. The first-order valence-corrected chi connectivity index (χ1v) is 6.23. The number of nitrogens with zero attached hydrogens (tertiary/aromatic N) is 1. The standard InChI is InChI=1S/C14H20N2O2/c1-14(8-15,9-17)11-4-5-12-10(7-11)3-6-13(18)16(12)2/h4-5,7,17H,3,6,8-9,15H2,1-2H3. The van der Waals surface area contributed by atoms with Crippen LogP contribution in [0.3, 0.4) is 0 Å². The number of carbonyl (C=O) groups is 1. The molecular formula is C14H20N2O2. The second-order valence-electron chi connectivity index (χ2n) is 5.22. The van der Waals surface area contributed by atoms with E-state index in [1.165, 1.54) is 0 Å². The molecule has 1 heterocycles. The van der Waals surface area contributed by atoms with Crippen LogP contribution in [-0.4, -0.2) is 31.2 Å². The number of fused-ring (bicyclic) bond motifs is 1. The van der Waals surface area contributed by atoms with Gasteiger partial charge in [0.25, 0.3) is 0 Å². The highest BCUT2D eigenvalue weighted by Gasteiger charge is 2.27. The molecule has 0 fully saturated rings. The van der Waals surface area contributed by atoms with Crippen molar-refractivity contribution < 1.29 is 9.90 Å². The van der Waals surface area contributed by atoms with Crippen molar-refractivity contribution in [2.45, 2.75) is 25.2 Å². The van der Waals surface area contributed by atoms with Crippen LogP contribution in [-0.2, 0) is 16.6 Å². The number of benzene rings is 1. The Labute approximate surface area is 107 Å². The molecule has 0 radical (unpaired) electrons. The monoisotopic (exact) mass is 248 g/mol. The third-order valence-electron chi connectivity index (χ3n) is 3.92. The molecule has 4 heteroatoms. The van der Waals surface area contributed by atoms with Crippen molar-refractivity contribution in [2.24, 2.45) is 5.73 Å². The number of aryl methyl sites for hydroxylation is 1. The maximum atomic E-state index is 11.6. The van der Waals surface area contributed by atoms with Crippen LogP contribution >= 0.6 is 0 Å². The van der Waals surface area contributed by atoms with Gasteiger partial charge in [-0.2, -0.15) is 0 Å². The fourth-order valence-electron chi connectivity index (χ4n) is 2.31. The van der Waals surface area contributed by atoms with E-state index >= 15 is 0 Å². The molecule has 0 spiro atoms. The lowest BCUT2D eigenvalue weighted by atomic mass is 9.81. The number of aliphatic hydroxyl groups is 1. The zero-order valence-corrected chi connectivity index (χ0v) is 10.9. The molecule has 0 aromatic heterocycles. The Hall–Kier alpha value is -1.39. The van der Waals surface area contributed by atoms with Crippen molar-refractivity contribution in [3.8, 4) is 0 Å². The highest BCUT2D eigenvalue weighted by atomic mass is 16.3. The van der Waals surface area contributed by atoms with Crippen molar-refractivity contribution >= 4 is 11.6 Å². The van der Waals surface area contributed by atoms with Gasteiger partial charge in [-0.05, 0) is 23.6 Å². The smallest absolute Gasteiger partial charge is 0.227 e. The Bertz CT molecular complexity index is 467. The Balaban J connectivity index is 2.42. The van der Waals surface area contributed by atoms with Gasteiger partial charge in [0.05, 0.1) is 6.61 Å². The highest BCUT2D eigenvalue weighted by Crippen LogP contribution is 2.31. The molecule has 3 N–H and O–H groups in total. The summed E-state index contributed by atoms with van der Waals surface area (Å²) in [4.78, 5) is 13.3. The maximum absolute atomic E-state index is 11.6. The second kappa shape index (κ2) is 4.71. The molecule has 1 aliphatic rings. The van der Waals surface area contributed by atoms with Crippen LogP contribution in [0.2, 0.25) is 0 Å². The molecule has 1 unspecified atom stereocenters. The minimum absolute atomic E-state index is 0.0249. The summed E-state index contributed by atoms with van der Waals surface area (Å²) in [5.41, 5.74) is 8.50. The molecule has 4 nitrogen and oxygen atoms in total. The molecule has 1 amide bonds. The molecule has 98 valence electrons. The van der Waals surface area contributed by atoms with E-state index in [1.807, 2.05) is 19.1 Å². The number of nitrogens with two attached hydrogens (primary N) is 1. The van der Waals surface area contributed by atoms with Crippen molar-refractivity contribution in [3.63, 3.8) is 0 Å². The summed E-state index contributed by atoms with van der Waals surface area (Å²) in [7, 11) is 1.80. The maximum Gasteiger partial charge on any atom is 0.227 e. The molecule has 0 aliphatic carbocycles. The van der Waals surface area contributed by atoms with E-state index in [0.29, 0.717) is 13.0 Å². The molecule has 0 saturated heterocycles. The summed E-state index contributed by atoms with van der Waals surface area (Å²) in [6.45, 7) is 2.38. The van der Waals surface area contributed by atoms with Gasteiger partial charge < -0.3 is 15.7 Å². The van der Waals surface area contributed by atoms with Gasteiger partial charge in [-0.3, -0.25) is 4.79 Å². The van der Waals surface area contributed by atoms with Crippen LogP contribution in [0.25, 0.3) is 0 Å². The van der Waals surface area contributed by atoms with Crippen LogP contribution in [0.5, 0.6) is 0 Å². The SMILES string of the molecule is CN1C(=O)CCc2cc(C(C)(CN)CO)ccc21. The van der Waals surface area contributed by atoms with E-state index in [9.17, 15) is 9.90 Å². The largest absolute Gasteiger partial charge is 0.395 e. The number of hydrogen-bond acceptors (Lipinski definition) is 3. The number of hydrogen-bond donors (Lipinski definition) is 2. The van der Waals surface area contributed by atoms with Crippen molar-refractivity contribution in [1.29, 1.82) is 0 Å². The van der Waals surface area contributed by atoms with E-state index < -0.39 is 5.41 Å². The molecular weight excluding hydrogens is 228 g/mol. The predicted molar refractivity (Wildman–Crippen MR) is 71.7 cm³/mol. The van der Waals surface area contributed by atoms with Crippen LogP contribution < -0.4 is 10.6 Å². The van der Waals surface area contributed by atoms with Gasteiger partial charge in [-0.1, -0.05) is 19.1 Å². The number of anilines is 1. The fraction of sp³-hybridized carbons (Fsp3) is 0.500. The molecule has 18 heavy (non-hydrogen) atoms. The number of rotatable bonds is 3. The number of carbonyl (C=O) groups excluding carboxylic acids is 1. The first-order valence-electron chi connectivity index (χ1n) is 6.23. The summed E-state index contributed by atoms with van der Waals surface area (Å²) in [5, 5.41) is 9.49. The topological polar surface area (TPSA) is 66.6 Å². The highest BCUT2D eigenvalue weighted by molar-refractivity contribution is 5.95. The first kappa shape index (κ1) is 13.1. The van der Waals surface area contributed by atoms with Gasteiger partial charge in [0.1, 0.15) is 0 Å². The van der Waals surface area contributed by atoms with E-state index in [1.54, 1.807) is 11.9 Å². The van der Waals surface area contributed by atoms with Gasteiger partial charge in [0.2, 0.25) is 5.91 Å². The minimum Gasteiger partial charge on any atom is -0.395 e. The van der Waals surface area contributed by atoms with Crippen LogP contribution in [0, 0.1) is 0 Å². The molecule has 1 aliphatic heterocycles. The third kappa shape index (κ3) is 2.02. The zero-order chi connectivity index (χ0) is 13.3. The lowest BCUT2D eigenvalue weighted by molar-refractivity contribution is -0.118. The third-order valence-corrected chi connectivity index (χ3v) is 3.92. The average Bonchev–Trinajstić information content (AvgIpc) is 2.41. The lowest BCUT2D eigenvalue weighted by Gasteiger charge is -2.30. The summed E-state index contributed by atoms with van der Waals surface area (Å²) < 4.78 is 0. The minimum atomic E-state index is -0.408. The van der Waals surface area contributed by atoms with Crippen LogP contribution in [0.4, 0.5) is 5.69 Å².